The minimum atomic E-state index is -4.45. The maximum absolute atomic E-state index is 12.9. The zero-order valence-electron chi connectivity index (χ0n) is 9.84. The van der Waals surface area contributed by atoms with Crippen LogP contribution in [-0.4, -0.2) is 29.8 Å². The van der Waals surface area contributed by atoms with Crippen molar-refractivity contribution in [1.29, 1.82) is 0 Å². The Bertz CT molecular complexity index is 398. The molecule has 18 heavy (non-hydrogen) atoms. The summed E-state index contributed by atoms with van der Waals surface area (Å²) < 4.78 is 39.0. The number of aliphatic hydroxyl groups is 1. The maximum atomic E-state index is 12.9. The molecule has 1 rings (SSSR count). The van der Waals surface area contributed by atoms with Gasteiger partial charge in [-0.1, -0.05) is 0 Å². The maximum Gasteiger partial charge on any atom is 0.419 e. The lowest BCUT2D eigenvalue weighted by Gasteiger charge is -2.25. The number of alkyl halides is 3. The molecule has 1 aromatic rings. The molecule has 0 saturated heterocycles. The Labute approximate surface area is 112 Å². The van der Waals surface area contributed by atoms with E-state index in [1.165, 1.54) is 11.1 Å². The molecular weight excluding hydrogens is 313 g/mol. The lowest BCUT2D eigenvalue weighted by atomic mass is 10.2. The van der Waals surface area contributed by atoms with E-state index in [-0.39, 0.29) is 16.9 Å². The smallest absolute Gasteiger partial charge is 0.396 e. The van der Waals surface area contributed by atoms with E-state index in [1.807, 2.05) is 0 Å². The molecule has 0 fully saturated rings. The minimum absolute atomic E-state index is 0.0611. The first-order valence-corrected chi connectivity index (χ1v) is 6.28. The highest BCUT2D eigenvalue weighted by atomic mass is 79.9. The summed E-state index contributed by atoms with van der Waals surface area (Å²) in [6.07, 6.45) is -2.70. The van der Waals surface area contributed by atoms with E-state index < -0.39 is 11.7 Å². The highest BCUT2D eigenvalue weighted by molar-refractivity contribution is 9.10. The third-order valence-corrected chi connectivity index (χ3v) is 2.84. The van der Waals surface area contributed by atoms with Gasteiger partial charge in [0.25, 0.3) is 0 Å². The van der Waals surface area contributed by atoms with E-state index in [2.05, 4.69) is 20.9 Å². The average Bonchev–Trinajstić information content (AvgIpc) is 2.30. The number of hydrogen-bond acceptors (Lipinski definition) is 3. The Hall–Kier alpha value is -0.820. The van der Waals surface area contributed by atoms with Gasteiger partial charge in [0.2, 0.25) is 0 Å². The molecule has 102 valence electrons. The third kappa shape index (κ3) is 3.84. The van der Waals surface area contributed by atoms with Gasteiger partial charge in [-0.3, -0.25) is 0 Å². The van der Waals surface area contributed by atoms with Crippen LogP contribution in [0.1, 0.15) is 18.9 Å². The second-order valence-corrected chi connectivity index (χ2v) is 4.59. The molecule has 0 amide bonds. The number of aromatic nitrogens is 1. The number of anilines is 1. The van der Waals surface area contributed by atoms with E-state index in [4.69, 9.17) is 5.11 Å². The highest BCUT2D eigenvalue weighted by Gasteiger charge is 2.35. The molecule has 1 heterocycles. The lowest BCUT2D eigenvalue weighted by molar-refractivity contribution is -0.137. The highest BCUT2D eigenvalue weighted by Crippen LogP contribution is 2.36. The van der Waals surface area contributed by atoms with Gasteiger partial charge in [-0.2, -0.15) is 13.2 Å². The van der Waals surface area contributed by atoms with Crippen LogP contribution in [0.4, 0.5) is 19.0 Å². The van der Waals surface area contributed by atoms with Crippen LogP contribution in [-0.2, 0) is 6.18 Å². The second-order valence-electron chi connectivity index (χ2n) is 3.68. The lowest BCUT2D eigenvalue weighted by Crippen LogP contribution is -2.28. The fraction of sp³-hybridized carbons (Fsp3) is 0.545. The molecule has 0 aromatic carbocycles. The molecule has 0 bridgehead atoms. The Morgan fingerprint density at radius 3 is 2.61 bits per heavy atom. The number of hydrogen-bond donors (Lipinski definition) is 1. The first-order valence-electron chi connectivity index (χ1n) is 5.48. The van der Waals surface area contributed by atoms with Crippen LogP contribution in [0, 0.1) is 0 Å². The quantitative estimate of drug-likeness (QED) is 0.903. The predicted octanol–water partition coefficient (Wildman–Crippen LogP) is 3.07. The molecule has 0 spiro atoms. The van der Waals surface area contributed by atoms with Crippen LogP contribution in [0.2, 0.25) is 0 Å². The summed E-state index contributed by atoms with van der Waals surface area (Å²) in [5.74, 6) is -0.0957. The summed E-state index contributed by atoms with van der Waals surface area (Å²) in [5, 5.41) is 8.75. The monoisotopic (exact) mass is 326 g/mol. The number of nitrogens with zero attached hydrogens (tertiary/aromatic N) is 2. The fourth-order valence-electron chi connectivity index (χ4n) is 1.57. The normalized spacial score (nSPS) is 11.7. The van der Waals surface area contributed by atoms with Crippen LogP contribution in [0.5, 0.6) is 0 Å². The minimum Gasteiger partial charge on any atom is -0.396 e. The number of halogens is 4. The van der Waals surface area contributed by atoms with Crippen LogP contribution in [0.15, 0.2) is 16.7 Å². The van der Waals surface area contributed by atoms with Gasteiger partial charge in [0, 0.05) is 30.4 Å². The van der Waals surface area contributed by atoms with Crippen molar-refractivity contribution in [3.63, 3.8) is 0 Å². The molecule has 0 aliphatic rings. The molecule has 1 N–H and O–H groups in total. The standard InChI is InChI=1S/C11H14BrF3N2O/c1-2-17(4-3-5-18)10-9(11(13,14)15)6-8(12)7-16-10/h6-7,18H,2-5H2,1H3. The fourth-order valence-corrected chi connectivity index (χ4v) is 1.90. The van der Waals surface area contributed by atoms with Gasteiger partial charge in [-0.15, -0.1) is 0 Å². The zero-order valence-corrected chi connectivity index (χ0v) is 11.4. The van der Waals surface area contributed by atoms with Crippen molar-refractivity contribution in [1.82, 2.24) is 4.98 Å². The van der Waals surface area contributed by atoms with E-state index in [1.54, 1.807) is 6.92 Å². The molecule has 0 atom stereocenters. The van der Waals surface area contributed by atoms with Gasteiger partial charge in [0.05, 0.1) is 5.56 Å². The van der Waals surface area contributed by atoms with Crippen molar-refractivity contribution in [3.8, 4) is 0 Å². The summed E-state index contributed by atoms with van der Waals surface area (Å²) in [4.78, 5) is 5.35. The van der Waals surface area contributed by atoms with Gasteiger partial charge in [-0.05, 0) is 35.3 Å². The van der Waals surface area contributed by atoms with Crippen LogP contribution < -0.4 is 4.90 Å². The summed E-state index contributed by atoms with van der Waals surface area (Å²) in [6.45, 7) is 2.43. The van der Waals surface area contributed by atoms with Gasteiger partial charge in [0.15, 0.2) is 0 Å². The number of rotatable bonds is 5. The van der Waals surface area contributed by atoms with Crippen molar-refractivity contribution in [2.24, 2.45) is 0 Å². The van der Waals surface area contributed by atoms with Crippen LogP contribution in [0.25, 0.3) is 0 Å². The largest absolute Gasteiger partial charge is 0.419 e. The molecule has 0 aliphatic heterocycles. The van der Waals surface area contributed by atoms with Crippen molar-refractivity contribution in [3.05, 3.63) is 22.3 Å². The van der Waals surface area contributed by atoms with E-state index >= 15 is 0 Å². The molecule has 0 aliphatic carbocycles. The zero-order chi connectivity index (χ0) is 13.8. The summed E-state index contributed by atoms with van der Waals surface area (Å²) in [6, 6.07) is 1.02. The molecule has 0 radical (unpaired) electrons. The molecule has 1 aromatic heterocycles. The number of aliphatic hydroxyl groups excluding tert-OH is 1. The molecular formula is C11H14BrF3N2O. The summed E-state index contributed by atoms with van der Waals surface area (Å²) in [7, 11) is 0. The van der Waals surface area contributed by atoms with Crippen LogP contribution in [0.3, 0.4) is 0 Å². The SMILES string of the molecule is CCN(CCCO)c1ncc(Br)cc1C(F)(F)F. The molecule has 3 nitrogen and oxygen atoms in total. The van der Waals surface area contributed by atoms with Gasteiger partial charge in [-0.25, -0.2) is 4.98 Å². The Morgan fingerprint density at radius 2 is 2.11 bits per heavy atom. The van der Waals surface area contributed by atoms with E-state index in [0.717, 1.165) is 6.07 Å². The van der Waals surface area contributed by atoms with Crippen molar-refractivity contribution in [2.45, 2.75) is 19.5 Å². The first kappa shape index (κ1) is 15.2. The molecule has 0 saturated carbocycles. The molecule has 7 heteroatoms. The van der Waals surface area contributed by atoms with Gasteiger partial charge in [0.1, 0.15) is 5.82 Å². The second kappa shape index (κ2) is 6.38. The third-order valence-electron chi connectivity index (χ3n) is 2.41. The van der Waals surface area contributed by atoms with E-state index in [0.29, 0.717) is 19.5 Å². The van der Waals surface area contributed by atoms with Crippen LogP contribution >= 0.6 is 15.9 Å². The Morgan fingerprint density at radius 1 is 1.44 bits per heavy atom. The van der Waals surface area contributed by atoms with Gasteiger partial charge >= 0.3 is 6.18 Å². The predicted molar refractivity (Wildman–Crippen MR) is 66.5 cm³/mol. The molecule has 0 unspecified atom stereocenters. The van der Waals surface area contributed by atoms with Crippen molar-refractivity contribution >= 4 is 21.7 Å². The van der Waals surface area contributed by atoms with E-state index in [9.17, 15) is 13.2 Å². The first-order chi connectivity index (χ1) is 8.40. The average molecular weight is 327 g/mol. The Balaban J connectivity index is 3.13. The van der Waals surface area contributed by atoms with Crippen molar-refractivity contribution in [2.75, 3.05) is 24.6 Å². The topological polar surface area (TPSA) is 36.4 Å². The number of pyridine rings is 1. The van der Waals surface area contributed by atoms with Gasteiger partial charge < -0.3 is 10.0 Å². The summed E-state index contributed by atoms with van der Waals surface area (Å²) >= 11 is 2.99. The Kier molecular flexibility index (Phi) is 5.40. The van der Waals surface area contributed by atoms with Crippen molar-refractivity contribution < 1.29 is 18.3 Å². The summed E-state index contributed by atoms with van der Waals surface area (Å²) in [5.41, 5.74) is -0.767.